The van der Waals surface area contributed by atoms with Crippen molar-refractivity contribution in [2.24, 2.45) is 0 Å². The number of carbonyl (C=O) groups excluding carboxylic acids is 2. The van der Waals surface area contributed by atoms with Gasteiger partial charge in [-0.15, -0.1) is 0 Å². The van der Waals surface area contributed by atoms with Crippen LogP contribution >= 0.6 is 0 Å². The highest BCUT2D eigenvalue weighted by atomic mass is 16.6. The topological polar surface area (TPSA) is 111 Å². The first-order valence-electron chi connectivity index (χ1n) is 5.62. The van der Waals surface area contributed by atoms with Crippen LogP contribution in [-0.2, 0) is 9.53 Å². The molecule has 20 heavy (non-hydrogen) atoms. The lowest BCUT2D eigenvalue weighted by Gasteiger charge is -2.24. The largest absolute Gasteiger partial charge is 0.466 e. The highest BCUT2D eigenvalue weighted by Crippen LogP contribution is 2.26. The third kappa shape index (κ3) is 2.58. The Labute approximate surface area is 113 Å². The summed E-state index contributed by atoms with van der Waals surface area (Å²) in [6, 6.07) is 4.38. The standard InChI is InChI=1S/C12H11N3O5/c1-20-11(16)9-6-13-12(17)14-10(9)7-2-4-8(5-3-7)15(18)19/h2-6,10H,1H3,(H2,13,14,17). The lowest BCUT2D eigenvalue weighted by molar-refractivity contribution is -0.384. The number of ether oxygens (including phenoxy) is 1. The van der Waals surface area contributed by atoms with Crippen LogP contribution in [0, 0.1) is 10.1 Å². The van der Waals surface area contributed by atoms with E-state index in [1.165, 1.54) is 37.6 Å². The average molecular weight is 277 g/mol. The summed E-state index contributed by atoms with van der Waals surface area (Å²) in [4.78, 5) is 33.1. The Balaban J connectivity index is 2.35. The van der Waals surface area contributed by atoms with Crippen LogP contribution in [0.1, 0.15) is 11.6 Å². The number of carbonyl (C=O) groups is 2. The van der Waals surface area contributed by atoms with Gasteiger partial charge < -0.3 is 15.4 Å². The third-order valence-electron chi connectivity index (χ3n) is 2.80. The smallest absolute Gasteiger partial charge is 0.337 e. The van der Waals surface area contributed by atoms with E-state index >= 15 is 0 Å². The highest BCUT2D eigenvalue weighted by molar-refractivity contribution is 5.93. The van der Waals surface area contributed by atoms with Gasteiger partial charge in [0, 0.05) is 18.3 Å². The number of methoxy groups -OCH3 is 1. The molecular weight excluding hydrogens is 266 g/mol. The van der Waals surface area contributed by atoms with Crippen LogP contribution in [-0.4, -0.2) is 24.0 Å². The minimum absolute atomic E-state index is 0.0717. The van der Waals surface area contributed by atoms with Crippen molar-refractivity contribution < 1.29 is 19.2 Å². The Morgan fingerprint density at radius 3 is 2.55 bits per heavy atom. The van der Waals surface area contributed by atoms with Gasteiger partial charge in [-0.3, -0.25) is 10.1 Å². The number of nitro groups is 1. The molecule has 1 aromatic carbocycles. The molecule has 104 valence electrons. The third-order valence-corrected chi connectivity index (χ3v) is 2.80. The lowest BCUT2D eigenvalue weighted by atomic mass is 9.98. The maximum Gasteiger partial charge on any atom is 0.337 e. The van der Waals surface area contributed by atoms with Crippen LogP contribution in [0.15, 0.2) is 36.0 Å². The van der Waals surface area contributed by atoms with Gasteiger partial charge in [-0.05, 0) is 17.7 Å². The predicted molar refractivity (Wildman–Crippen MR) is 67.6 cm³/mol. The van der Waals surface area contributed by atoms with E-state index < -0.39 is 23.0 Å². The molecule has 0 aliphatic carbocycles. The van der Waals surface area contributed by atoms with E-state index in [0.717, 1.165) is 0 Å². The number of nitrogens with one attached hydrogen (secondary N) is 2. The fourth-order valence-electron chi connectivity index (χ4n) is 1.82. The SMILES string of the molecule is COC(=O)C1=CNC(=O)NC1c1ccc([N+](=O)[O-])cc1. The maximum atomic E-state index is 11.6. The molecule has 0 saturated carbocycles. The van der Waals surface area contributed by atoms with Crippen molar-refractivity contribution in [1.82, 2.24) is 10.6 Å². The van der Waals surface area contributed by atoms with Gasteiger partial charge in [0.15, 0.2) is 0 Å². The van der Waals surface area contributed by atoms with Crippen molar-refractivity contribution in [2.45, 2.75) is 6.04 Å². The summed E-state index contributed by atoms with van der Waals surface area (Å²) in [6.07, 6.45) is 1.26. The summed E-state index contributed by atoms with van der Waals surface area (Å²) in [5, 5.41) is 15.5. The minimum atomic E-state index is -0.711. The van der Waals surface area contributed by atoms with Crippen LogP contribution in [0.4, 0.5) is 10.5 Å². The minimum Gasteiger partial charge on any atom is -0.466 e. The van der Waals surface area contributed by atoms with E-state index in [-0.39, 0.29) is 11.3 Å². The molecule has 0 saturated heterocycles. The van der Waals surface area contributed by atoms with E-state index in [9.17, 15) is 19.7 Å². The van der Waals surface area contributed by atoms with Gasteiger partial charge in [-0.2, -0.15) is 0 Å². The first-order chi connectivity index (χ1) is 9.52. The zero-order valence-electron chi connectivity index (χ0n) is 10.5. The van der Waals surface area contributed by atoms with E-state index in [2.05, 4.69) is 15.4 Å². The molecule has 0 fully saturated rings. The molecule has 1 unspecified atom stereocenters. The number of non-ortho nitro benzene ring substituents is 1. The Bertz CT molecular complexity index is 594. The van der Waals surface area contributed by atoms with Gasteiger partial charge in [-0.1, -0.05) is 0 Å². The number of nitro benzene ring substituents is 1. The predicted octanol–water partition coefficient (Wildman–Crippen LogP) is 1.01. The molecule has 2 amide bonds. The lowest BCUT2D eigenvalue weighted by Crippen LogP contribution is -2.42. The molecule has 2 rings (SSSR count). The molecular formula is C12H11N3O5. The number of urea groups is 1. The van der Waals surface area contributed by atoms with Gasteiger partial charge in [-0.25, -0.2) is 9.59 Å². The van der Waals surface area contributed by atoms with Crippen molar-refractivity contribution in [3.8, 4) is 0 Å². The summed E-state index contributed by atoms with van der Waals surface area (Å²) >= 11 is 0. The monoisotopic (exact) mass is 277 g/mol. The number of benzene rings is 1. The molecule has 8 heteroatoms. The van der Waals surface area contributed by atoms with Crippen molar-refractivity contribution in [2.75, 3.05) is 7.11 Å². The Morgan fingerprint density at radius 2 is 2.00 bits per heavy atom. The second kappa shape index (κ2) is 5.39. The van der Waals surface area contributed by atoms with Crippen molar-refractivity contribution in [1.29, 1.82) is 0 Å². The van der Waals surface area contributed by atoms with Gasteiger partial charge in [0.25, 0.3) is 5.69 Å². The summed E-state index contributed by atoms with van der Waals surface area (Å²) in [5.41, 5.74) is 0.681. The Kier molecular flexibility index (Phi) is 3.65. The first kappa shape index (κ1) is 13.5. The molecule has 0 radical (unpaired) electrons. The number of amides is 2. The Hall–Kier alpha value is -2.90. The van der Waals surface area contributed by atoms with E-state index in [1.807, 2.05) is 0 Å². The fourth-order valence-corrected chi connectivity index (χ4v) is 1.82. The second-order valence-corrected chi connectivity index (χ2v) is 3.99. The van der Waals surface area contributed by atoms with Crippen molar-refractivity contribution in [3.05, 3.63) is 51.7 Å². The number of esters is 1. The van der Waals surface area contributed by atoms with Crippen LogP contribution in [0.5, 0.6) is 0 Å². The number of rotatable bonds is 3. The molecule has 1 heterocycles. The molecule has 1 aromatic rings. The molecule has 1 atom stereocenters. The van der Waals surface area contributed by atoms with Crippen LogP contribution in [0.3, 0.4) is 0 Å². The molecule has 1 aliphatic rings. The fraction of sp³-hybridized carbons (Fsp3) is 0.167. The highest BCUT2D eigenvalue weighted by Gasteiger charge is 2.28. The summed E-state index contributed by atoms with van der Waals surface area (Å²) < 4.78 is 4.63. The molecule has 0 spiro atoms. The normalized spacial score (nSPS) is 17.6. The van der Waals surface area contributed by atoms with Gasteiger partial charge in [0.05, 0.1) is 23.6 Å². The molecule has 0 bridgehead atoms. The number of hydrogen-bond donors (Lipinski definition) is 2. The van der Waals surface area contributed by atoms with Gasteiger partial charge >= 0.3 is 12.0 Å². The molecule has 8 nitrogen and oxygen atoms in total. The maximum absolute atomic E-state index is 11.6. The molecule has 2 N–H and O–H groups in total. The van der Waals surface area contributed by atoms with Crippen LogP contribution in [0.2, 0.25) is 0 Å². The van der Waals surface area contributed by atoms with Crippen molar-refractivity contribution >= 4 is 17.7 Å². The quantitative estimate of drug-likeness (QED) is 0.486. The van der Waals surface area contributed by atoms with Gasteiger partial charge in [0.2, 0.25) is 0 Å². The second-order valence-electron chi connectivity index (χ2n) is 3.99. The van der Waals surface area contributed by atoms with Crippen molar-refractivity contribution in [3.63, 3.8) is 0 Å². The zero-order valence-corrected chi connectivity index (χ0v) is 10.5. The molecule has 0 aromatic heterocycles. The van der Waals surface area contributed by atoms with Crippen LogP contribution in [0.25, 0.3) is 0 Å². The number of nitrogens with zero attached hydrogens (tertiary/aromatic N) is 1. The van der Waals surface area contributed by atoms with Gasteiger partial charge in [0.1, 0.15) is 0 Å². The summed E-state index contributed by atoms with van der Waals surface area (Å²) in [6.45, 7) is 0. The summed E-state index contributed by atoms with van der Waals surface area (Å²) in [5.74, 6) is -0.596. The van der Waals surface area contributed by atoms with E-state index in [1.54, 1.807) is 0 Å². The average Bonchev–Trinajstić information content (AvgIpc) is 2.46. The summed E-state index contributed by atoms with van der Waals surface area (Å²) in [7, 11) is 1.23. The molecule has 1 aliphatic heterocycles. The van der Waals surface area contributed by atoms with Crippen LogP contribution < -0.4 is 10.6 Å². The first-order valence-corrected chi connectivity index (χ1v) is 5.62. The number of hydrogen-bond acceptors (Lipinski definition) is 5. The van der Waals surface area contributed by atoms with E-state index in [0.29, 0.717) is 5.56 Å². The van der Waals surface area contributed by atoms with E-state index in [4.69, 9.17) is 0 Å². The Morgan fingerprint density at radius 1 is 1.35 bits per heavy atom. The zero-order chi connectivity index (χ0) is 14.7.